The Morgan fingerprint density at radius 1 is 1.06 bits per heavy atom. The zero-order valence-corrected chi connectivity index (χ0v) is 21.7. The number of ether oxygens (including phenoxy) is 1. The van der Waals surface area contributed by atoms with Gasteiger partial charge >= 0.3 is 0 Å². The molecule has 2 N–H and O–H groups in total. The Morgan fingerprint density at radius 3 is 2.35 bits per heavy atom. The molecule has 0 atom stereocenters. The molecule has 0 spiro atoms. The number of carbonyl (C=O) groups is 2. The van der Waals surface area contributed by atoms with Crippen molar-refractivity contribution in [2.24, 2.45) is 10.9 Å². The summed E-state index contributed by atoms with van der Waals surface area (Å²) in [5.74, 6) is 1.53. The predicted molar refractivity (Wildman–Crippen MR) is 134 cm³/mol. The van der Waals surface area contributed by atoms with Gasteiger partial charge in [0.25, 0.3) is 0 Å². The lowest BCUT2D eigenvalue weighted by Gasteiger charge is -2.36. The minimum Gasteiger partial charge on any atom is -0.383 e. The smallest absolute Gasteiger partial charge is 0.243 e. The largest absolute Gasteiger partial charge is 0.383 e. The Balaban J connectivity index is 0.00000480. The third-order valence-electron chi connectivity index (χ3n) is 5.80. The molecule has 2 fully saturated rings. The number of amides is 2. The second-order valence-corrected chi connectivity index (χ2v) is 8.42. The third kappa shape index (κ3) is 10.8. The first-order chi connectivity index (χ1) is 14.5. The third-order valence-corrected chi connectivity index (χ3v) is 5.80. The van der Waals surface area contributed by atoms with Crippen LogP contribution < -0.4 is 10.6 Å². The minimum absolute atomic E-state index is 0. The molecule has 2 rings (SSSR count). The maximum atomic E-state index is 12.0. The first-order valence-corrected chi connectivity index (χ1v) is 11.2. The van der Waals surface area contributed by atoms with E-state index in [9.17, 15) is 9.59 Å². The molecule has 2 amide bonds. The first-order valence-electron chi connectivity index (χ1n) is 11.2. The number of hydrogen-bond acceptors (Lipinski definition) is 5. The SMILES string of the molecule is COCCNC(=O)CN1CCN(C(=NCC(=O)N(C)C)NCC2CCCCC2)CC1.I. The Hall–Kier alpha value is -1.14. The molecule has 0 bridgehead atoms. The summed E-state index contributed by atoms with van der Waals surface area (Å²) in [4.78, 5) is 34.6. The number of nitrogens with one attached hydrogen (secondary N) is 2. The molecule has 31 heavy (non-hydrogen) atoms. The molecule has 0 aromatic carbocycles. The van der Waals surface area contributed by atoms with Crippen molar-refractivity contribution in [1.82, 2.24) is 25.3 Å². The normalized spacial score (nSPS) is 18.3. The second-order valence-electron chi connectivity index (χ2n) is 8.42. The topological polar surface area (TPSA) is 89.5 Å². The van der Waals surface area contributed by atoms with E-state index in [1.54, 1.807) is 26.1 Å². The number of rotatable bonds is 9. The van der Waals surface area contributed by atoms with Crippen molar-refractivity contribution >= 4 is 41.8 Å². The maximum Gasteiger partial charge on any atom is 0.243 e. The molecule has 0 unspecified atom stereocenters. The number of halogens is 1. The molecule has 10 heteroatoms. The molecular formula is C21H41IN6O3. The minimum atomic E-state index is -0.00154. The van der Waals surface area contributed by atoms with E-state index in [0.717, 1.165) is 38.7 Å². The Bertz CT molecular complexity index is 561. The summed E-state index contributed by atoms with van der Waals surface area (Å²) in [6, 6.07) is 0. The maximum absolute atomic E-state index is 12.0. The van der Waals surface area contributed by atoms with Crippen molar-refractivity contribution in [2.75, 3.05) is 80.2 Å². The quantitative estimate of drug-likeness (QED) is 0.189. The van der Waals surface area contributed by atoms with Gasteiger partial charge in [0.15, 0.2) is 5.96 Å². The number of aliphatic imine (C=N–C) groups is 1. The van der Waals surface area contributed by atoms with E-state index >= 15 is 0 Å². The van der Waals surface area contributed by atoms with Gasteiger partial charge in [0.1, 0.15) is 6.54 Å². The van der Waals surface area contributed by atoms with Crippen LogP contribution in [-0.4, -0.2) is 113 Å². The summed E-state index contributed by atoms with van der Waals surface area (Å²) in [5.41, 5.74) is 0. The van der Waals surface area contributed by atoms with Crippen LogP contribution in [0.25, 0.3) is 0 Å². The van der Waals surface area contributed by atoms with Crippen molar-refractivity contribution in [3.05, 3.63) is 0 Å². The number of carbonyl (C=O) groups excluding carboxylic acids is 2. The zero-order chi connectivity index (χ0) is 21.8. The van der Waals surface area contributed by atoms with Crippen LogP contribution in [-0.2, 0) is 14.3 Å². The first kappa shape index (κ1) is 27.9. The highest BCUT2D eigenvalue weighted by atomic mass is 127. The number of piperazine rings is 1. The Morgan fingerprint density at radius 2 is 1.74 bits per heavy atom. The number of nitrogens with zero attached hydrogens (tertiary/aromatic N) is 4. The van der Waals surface area contributed by atoms with E-state index in [1.165, 1.54) is 32.1 Å². The van der Waals surface area contributed by atoms with Crippen LogP contribution >= 0.6 is 24.0 Å². The van der Waals surface area contributed by atoms with Gasteiger partial charge in [0.2, 0.25) is 11.8 Å². The summed E-state index contributed by atoms with van der Waals surface area (Å²) in [7, 11) is 5.13. The molecule has 1 saturated heterocycles. The average molecular weight is 553 g/mol. The van der Waals surface area contributed by atoms with E-state index in [0.29, 0.717) is 25.6 Å². The summed E-state index contributed by atoms with van der Waals surface area (Å²) in [5, 5.41) is 6.40. The molecule has 1 aliphatic heterocycles. The average Bonchev–Trinajstić information content (AvgIpc) is 2.75. The van der Waals surface area contributed by atoms with Crippen LogP contribution in [0.3, 0.4) is 0 Å². The Labute approximate surface area is 204 Å². The molecule has 2 aliphatic rings. The van der Waals surface area contributed by atoms with Crippen molar-refractivity contribution in [2.45, 2.75) is 32.1 Å². The fourth-order valence-corrected chi connectivity index (χ4v) is 3.85. The number of methoxy groups -OCH3 is 1. The second kappa shape index (κ2) is 15.6. The molecular weight excluding hydrogens is 511 g/mol. The predicted octanol–water partition coefficient (Wildman–Crippen LogP) is 0.599. The van der Waals surface area contributed by atoms with Crippen LogP contribution in [0.1, 0.15) is 32.1 Å². The highest BCUT2D eigenvalue weighted by Crippen LogP contribution is 2.22. The van der Waals surface area contributed by atoms with Gasteiger partial charge < -0.3 is 25.2 Å². The summed E-state index contributed by atoms with van der Waals surface area (Å²) < 4.78 is 4.96. The van der Waals surface area contributed by atoms with Gasteiger partial charge in [0.05, 0.1) is 13.2 Å². The molecule has 1 saturated carbocycles. The van der Waals surface area contributed by atoms with Gasteiger partial charge in [-0.2, -0.15) is 0 Å². The molecule has 0 aromatic heterocycles. The van der Waals surface area contributed by atoms with Crippen LogP contribution in [0.2, 0.25) is 0 Å². The van der Waals surface area contributed by atoms with E-state index in [1.807, 2.05) is 0 Å². The summed E-state index contributed by atoms with van der Waals surface area (Å²) in [6.45, 7) is 5.70. The van der Waals surface area contributed by atoms with Gasteiger partial charge in [-0.1, -0.05) is 19.3 Å². The van der Waals surface area contributed by atoms with Crippen LogP contribution in [0.5, 0.6) is 0 Å². The molecule has 0 radical (unpaired) electrons. The summed E-state index contributed by atoms with van der Waals surface area (Å²) >= 11 is 0. The highest BCUT2D eigenvalue weighted by molar-refractivity contribution is 14.0. The fraction of sp³-hybridized carbons (Fsp3) is 0.857. The lowest BCUT2D eigenvalue weighted by atomic mass is 9.89. The molecule has 0 aromatic rings. The van der Waals surface area contributed by atoms with Crippen LogP contribution in [0, 0.1) is 5.92 Å². The van der Waals surface area contributed by atoms with Crippen LogP contribution in [0.4, 0.5) is 0 Å². The van der Waals surface area contributed by atoms with Gasteiger partial charge in [0, 0.05) is 60.5 Å². The number of hydrogen-bond donors (Lipinski definition) is 2. The number of guanidine groups is 1. The van der Waals surface area contributed by atoms with Gasteiger partial charge in [-0.25, -0.2) is 4.99 Å². The van der Waals surface area contributed by atoms with E-state index in [4.69, 9.17) is 4.74 Å². The zero-order valence-electron chi connectivity index (χ0n) is 19.4. The van der Waals surface area contributed by atoms with E-state index in [2.05, 4.69) is 25.4 Å². The van der Waals surface area contributed by atoms with E-state index < -0.39 is 0 Å². The lowest BCUT2D eigenvalue weighted by molar-refractivity contribution is -0.127. The van der Waals surface area contributed by atoms with Gasteiger partial charge in [-0.15, -0.1) is 24.0 Å². The van der Waals surface area contributed by atoms with Crippen LogP contribution in [0.15, 0.2) is 4.99 Å². The van der Waals surface area contributed by atoms with E-state index in [-0.39, 0.29) is 42.3 Å². The van der Waals surface area contributed by atoms with Crippen molar-refractivity contribution in [3.63, 3.8) is 0 Å². The highest BCUT2D eigenvalue weighted by Gasteiger charge is 2.22. The molecule has 1 heterocycles. The standard InChI is InChI=1S/C21H40N6O3.HI/c1-25(2)20(29)16-24-21(23-15-18-7-5-4-6-8-18)27-12-10-26(11-13-27)17-19(28)22-9-14-30-3;/h18H,4-17H2,1-3H3,(H,22,28)(H,23,24);1H. The molecule has 1 aliphatic carbocycles. The number of likely N-dealkylation sites (N-methyl/N-ethyl adjacent to an activating group) is 1. The lowest BCUT2D eigenvalue weighted by Crippen LogP contribution is -2.54. The monoisotopic (exact) mass is 552 g/mol. The Kier molecular flexibility index (Phi) is 14.1. The van der Waals surface area contributed by atoms with Gasteiger partial charge in [-0.05, 0) is 18.8 Å². The summed E-state index contributed by atoms with van der Waals surface area (Å²) in [6.07, 6.45) is 6.49. The molecule has 180 valence electrons. The van der Waals surface area contributed by atoms with Crippen molar-refractivity contribution in [3.8, 4) is 0 Å². The molecule has 9 nitrogen and oxygen atoms in total. The van der Waals surface area contributed by atoms with Gasteiger partial charge in [-0.3, -0.25) is 14.5 Å². The van der Waals surface area contributed by atoms with Crippen molar-refractivity contribution < 1.29 is 14.3 Å². The fourth-order valence-electron chi connectivity index (χ4n) is 3.85. The van der Waals surface area contributed by atoms with Crippen molar-refractivity contribution in [1.29, 1.82) is 0 Å².